The largest absolute Gasteiger partial charge is 0.486 e. The molecular formula is C17H13BrN2O5. The molecule has 128 valence electrons. The van der Waals surface area contributed by atoms with Gasteiger partial charge in [-0.05, 0) is 45.8 Å². The topological polar surface area (TPSA) is 86.7 Å². The Labute approximate surface area is 151 Å². The van der Waals surface area contributed by atoms with Crippen LogP contribution in [0.4, 0.5) is 0 Å². The van der Waals surface area contributed by atoms with Crippen molar-refractivity contribution in [1.82, 2.24) is 10.5 Å². The fourth-order valence-corrected chi connectivity index (χ4v) is 3.06. The fourth-order valence-electron chi connectivity index (χ4n) is 2.46. The van der Waals surface area contributed by atoms with E-state index in [1.54, 1.807) is 12.1 Å². The lowest BCUT2D eigenvalue weighted by Crippen LogP contribution is -2.23. The molecule has 0 atom stereocenters. The second kappa shape index (κ2) is 6.64. The molecule has 7 nitrogen and oxygen atoms in total. The molecule has 0 radical (unpaired) electrons. The number of hydrogen-bond donors (Lipinski definition) is 1. The first-order chi connectivity index (χ1) is 12.2. The molecule has 3 aromatic rings. The van der Waals surface area contributed by atoms with Gasteiger partial charge >= 0.3 is 0 Å². The molecule has 1 amide bonds. The Hall–Kier alpha value is -2.74. The molecule has 0 fully saturated rings. The maximum absolute atomic E-state index is 12.2. The summed E-state index contributed by atoms with van der Waals surface area (Å²) >= 11 is 3.45. The Morgan fingerprint density at radius 3 is 2.92 bits per heavy atom. The Morgan fingerprint density at radius 2 is 2.08 bits per heavy atom. The highest BCUT2D eigenvalue weighted by Crippen LogP contribution is 2.38. The molecule has 0 unspecified atom stereocenters. The molecule has 8 heteroatoms. The monoisotopic (exact) mass is 404 g/mol. The lowest BCUT2D eigenvalue weighted by atomic mass is 10.2. The molecule has 4 rings (SSSR count). The van der Waals surface area contributed by atoms with Crippen molar-refractivity contribution < 1.29 is 23.2 Å². The van der Waals surface area contributed by atoms with Gasteiger partial charge in [0.2, 0.25) is 5.76 Å². The van der Waals surface area contributed by atoms with Gasteiger partial charge in [0.15, 0.2) is 23.0 Å². The van der Waals surface area contributed by atoms with Gasteiger partial charge in [-0.25, -0.2) is 0 Å². The van der Waals surface area contributed by atoms with Crippen molar-refractivity contribution in [2.45, 2.75) is 6.54 Å². The van der Waals surface area contributed by atoms with Crippen molar-refractivity contribution in [2.75, 3.05) is 13.2 Å². The second-order valence-electron chi connectivity index (χ2n) is 5.34. The van der Waals surface area contributed by atoms with Gasteiger partial charge in [-0.1, -0.05) is 5.16 Å². The summed E-state index contributed by atoms with van der Waals surface area (Å²) in [7, 11) is 0. The van der Waals surface area contributed by atoms with Gasteiger partial charge in [0.25, 0.3) is 5.91 Å². The third kappa shape index (κ3) is 3.25. The Kier molecular flexibility index (Phi) is 4.19. The van der Waals surface area contributed by atoms with Gasteiger partial charge in [0, 0.05) is 12.6 Å². The quantitative estimate of drug-likeness (QED) is 0.716. The van der Waals surface area contributed by atoms with E-state index in [-0.39, 0.29) is 11.6 Å². The number of aromatic nitrogens is 1. The standard InChI is InChI=1S/C17H13BrN2O5/c18-11-6-10(7-15-16(11)24-5-4-23-15)9-19-17(21)12-8-14(25-20-12)13-2-1-3-22-13/h1-3,6-8H,4-5,9H2,(H,19,21). The van der Waals surface area contributed by atoms with Gasteiger partial charge in [-0.2, -0.15) is 0 Å². The molecule has 0 saturated carbocycles. The predicted octanol–water partition coefficient (Wildman–Crippen LogP) is 3.40. The predicted molar refractivity (Wildman–Crippen MR) is 90.5 cm³/mol. The number of nitrogens with one attached hydrogen (secondary N) is 1. The van der Waals surface area contributed by atoms with E-state index in [4.69, 9.17) is 18.4 Å². The van der Waals surface area contributed by atoms with Crippen LogP contribution in [-0.2, 0) is 6.54 Å². The van der Waals surface area contributed by atoms with E-state index in [0.29, 0.717) is 42.8 Å². The van der Waals surface area contributed by atoms with Crippen LogP contribution in [0.15, 0.2) is 50.0 Å². The lowest BCUT2D eigenvalue weighted by molar-refractivity contribution is 0.0941. The van der Waals surface area contributed by atoms with Crippen molar-refractivity contribution >= 4 is 21.8 Å². The first-order valence-corrected chi connectivity index (χ1v) is 8.37. The smallest absolute Gasteiger partial charge is 0.273 e. The summed E-state index contributed by atoms with van der Waals surface area (Å²) in [6, 6.07) is 8.72. The Bertz CT molecular complexity index is 904. The SMILES string of the molecule is O=C(NCc1cc(Br)c2c(c1)OCCO2)c1cc(-c2ccco2)on1. The average Bonchev–Trinajstić information content (AvgIpc) is 3.31. The maximum atomic E-state index is 12.2. The van der Waals surface area contributed by atoms with Crippen LogP contribution in [0.25, 0.3) is 11.5 Å². The minimum Gasteiger partial charge on any atom is -0.486 e. The van der Waals surface area contributed by atoms with E-state index < -0.39 is 0 Å². The number of amides is 1. The number of rotatable bonds is 4. The Morgan fingerprint density at radius 1 is 1.20 bits per heavy atom. The summed E-state index contributed by atoms with van der Waals surface area (Å²) in [5.74, 6) is 1.92. The molecule has 1 N–H and O–H groups in total. The first-order valence-electron chi connectivity index (χ1n) is 7.57. The number of furan rings is 1. The molecule has 3 heterocycles. The van der Waals surface area contributed by atoms with Gasteiger partial charge in [0.1, 0.15) is 13.2 Å². The van der Waals surface area contributed by atoms with Gasteiger partial charge in [-0.3, -0.25) is 4.79 Å². The van der Waals surface area contributed by atoms with Crippen LogP contribution in [0.1, 0.15) is 16.1 Å². The average molecular weight is 405 g/mol. The number of halogens is 1. The van der Waals surface area contributed by atoms with E-state index in [2.05, 4.69) is 26.4 Å². The Balaban J connectivity index is 1.45. The zero-order chi connectivity index (χ0) is 17.2. The van der Waals surface area contributed by atoms with Crippen molar-refractivity contribution in [3.8, 4) is 23.0 Å². The van der Waals surface area contributed by atoms with E-state index in [1.165, 1.54) is 12.3 Å². The van der Waals surface area contributed by atoms with Crippen molar-refractivity contribution in [3.05, 3.63) is 52.3 Å². The number of hydrogen-bond acceptors (Lipinski definition) is 6. The van der Waals surface area contributed by atoms with Crippen molar-refractivity contribution in [1.29, 1.82) is 0 Å². The summed E-state index contributed by atoms with van der Waals surface area (Å²) in [5, 5.41) is 6.57. The third-order valence-electron chi connectivity index (χ3n) is 3.62. The van der Waals surface area contributed by atoms with Crippen LogP contribution in [0.2, 0.25) is 0 Å². The zero-order valence-corrected chi connectivity index (χ0v) is 14.5. The molecule has 1 aliphatic heterocycles. The van der Waals surface area contributed by atoms with E-state index in [1.807, 2.05) is 12.1 Å². The molecule has 0 saturated heterocycles. The van der Waals surface area contributed by atoms with E-state index in [0.717, 1.165) is 10.0 Å². The summed E-state index contributed by atoms with van der Waals surface area (Å²) in [6.45, 7) is 1.34. The van der Waals surface area contributed by atoms with Crippen LogP contribution >= 0.6 is 15.9 Å². The number of carbonyl (C=O) groups excluding carboxylic acids is 1. The van der Waals surface area contributed by atoms with Crippen molar-refractivity contribution in [2.24, 2.45) is 0 Å². The highest BCUT2D eigenvalue weighted by Gasteiger charge is 2.18. The molecule has 0 spiro atoms. The molecule has 0 aliphatic carbocycles. The zero-order valence-electron chi connectivity index (χ0n) is 13.0. The molecule has 0 bridgehead atoms. The molecular weight excluding hydrogens is 392 g/mol. The number of nitrogens with zero attached hydrogens (tertiary/aromatic N) is 1. The van der Waals surface area contributed by atoms with Gasteiger partial charge < -0.3 is 23.7 Å². The number of carbonyl (C=O) groups is 1. The van der Waals surface area contributed by atoms with Crippen molar-refractivity contribution in [3.63, 3.8) is 0 Å². The van der Waals surface area contributed by atoms with Crippen LogP contribution in [-0.4, -0.2) is 24.3 Å². The molecule has 1 aromatic carbocycles. The van der Waals surface area contributed by atoms with Gasteiger partial charge in [-0.15, -0.1) is 0 Å². The van der Waals surface area contributed by atoms with Crippen LogP contribution < -0.4 is 14.8 Å². The highest BCUT2D eigenvalue weighted by atomic mass is 79.9. The number of fused-ring (bicyclic) bond motifs is 1. The summed E-state index contributed by atoms with van der Waals surface area (Å²) in [4.78, 5) is 12.2. The third-order valence-corrected chi connectivity index (χ3v) is 4.21. The molecule has 25 heavy (non-hydrogen) atoms. The van der Waals surface area contributed by atoms with Crippen LogP contribution in [0, 0.1) is 0 Å². The summed E-state index contributed by atoms with van der Waals surface area (Å²) < 4.78 is 22.3. The summed E-state index contributed by atoms with van der Waals surface area (Å²) in [5.41, 5.74) is 1.06. The fraction of sp³-hybridized carbons (Fsp3) is 0.176. The first kappa shape index (κ1) is 15.8. The van der Waals surface area contributed by atoms with Gasteiger partial charge in [0.05, 0.1) is 10.7 Å². The highest BCUT2D eigenvalue weighted by molar-refractivity contribution is 9.10. The summed E-state index contributed by atoms with van der Waals surface area (Å²) in [6.07, 6.45) is 1.53. The molecule has 1 aliphatic rings. The van der Waals surface area contributed by atoms with Crippen LogP contribution in [0.5, 0.6) is 11.5 Å². The lowest BCUT2D eigenvalue weighted by Gasteiger charge is -2.20. The maximum Gasteiger partial charge on any atom is 0.273 e. The van der Waals surface area contributed by atoms with E-state index >= 15 is 0 Å². The minimum absolute atomic E-state index is 0.183. The van der Waals surface area contributed by atoms with E-state index in [9.17, 15) is 4.79 Å². The number of benzene rings is 1. The number of ether oxygens (including phenoxy) is 2. The molecule has 2 aromatic heterocycles. The second-order valence-corrected chi connectivity index (χ2v) is 6.19. The normalized spacial score (nSPS) is 12.8. The van der Waals surface area contributed by atoms with Crippen LogP contribution in [0.3, 0.4) is 0 Å². The minimum atomic E-state index is -0.340.